The van der Waals surface area contributed by atoms with E-state index < -0.39 is 0 Å². The van der Waals surface area contributed by atoms with Gasteiger partial charge in [0.2, 0.25) is 0 Å². The Kier molecular flexibility index (Phi) is 3.16. The number of fused-ring (bicyclic) bond motifs is 2. The molecule has 4 nitrogen and oxygen atoms in total. The van der Waals surface area contributed by atoms with E-state index in [9.17, 15) is 9.59 Å². The van der Waals surface area contributed by atoms with Crippen molar-refractivity contribution in [2.24, 2.45) is 0 Å². The monoisotopic (exact) mass is 332 g/mol. The summed E-state index contributed by atoms with van der Waals surface area (Å²) in [5.74, 6) is -0.446. The van der Waals surface area contributed by atoms with Crippen LogP contribution in [0.2, 0.25) is 0 Å². The Morgan fingerprint density at radius 3 is 2.20 bits per heavy atom. The van der Waals surface area contributed by atoms with Crippen LogP contribution < -0.4 is 4.90 Å². The first kappa shape index (κ1) is 15.6. The number of allylic oxidation sites excluding steroid dienone is 1. The van der Waals surface area contributed by atoms with Gasteiger partial charge in [-0.2, -0.15) is 0 Å². The molecule has 0 spiro atoms. The molecule has 0 unspecified atom stereocenters. The number of imide groups is 1. The summed E-state index contributed by atoms with van der Waals surface area (Å²) in [6.07, 6.45) is 0. The second kappa shape index (κ2) is 5.06. The fourth-order valence-corrected chi connectivity index (χ4v) is 3.77. The first-order valence-corrected chi connectivity index (χ1v) is 8.34. The summed E-state index contributed by atoms with van der Waals surface area (Å²) in [6.45, 7) is 8.78. The average Bonchev–Trinajstić information content (AvgIpc) is 2.94. The van der Waals surface area contributed by atoms with E-state index in [1.54, 1.807) is 24.3 Å². The van der Waals surface area contributed by atoms with Crippen molar-refractivity contribution in [2.45, 2.75) is 25.8 Å². The van der Waals surface area contributed by atoms with E-state index in [1.165, 1.54) is 10.5 Å². The minimum Gasteiger partial charge on any atom is -0.348 e. The van der Waals surface area contributed by atoms with E-state index in [1.807, 2.05) is 13.1 Å². The summed E-state index contributed by atoms with van der Waals surface area (Å²) >= 11 is 0. The lowest BCUT2D eigenvalue weighted by atomic mass is 9.84. The van der Waals surface area contributed by atoms with Gasteiger partial charge >= 0.3 is 0 Å². The van der Waals surface area contributed by atoms with Gasteiger partial charge in [-0.1, -0.05) is 44.7 Å². The second-order valence-electron chi connectivity index (χ2n) is 7.22. The van der Waals surface area contributed by atoms with Crippen molar-refractivity contribution in [3.8, 4) is 0 Å². The Bertz CT molecular complexity index is 908. The van der Waals surface area contributed by atoms with Crippen LogP contribution >= 0.6 is 0 Å². The van der Waals surface area contributed by atoms with Gasteiger partial charge in [-0.05, 0) is 29.3 Å². The highest BCUT2D eigenvalue weighted by atomic mass is 16.2. The lowest BCUT2D eigenvalue weighted by molar-refractivity contribution is 0.0642. The van der Waals surface area contributed by atoms with E-state index in [-0.39, 0.29) is 23.8 Å². The first-order chi connectivity index (χ1) is 11.8. The standard InChI is InChI=1S/C21H20N2O2/c1-13-21(2,3)17-10-9-14(11-18(17)22(13)4)12-23-19(24)15-7-5-6-8-16(15)20(23)25/h5-11H,1,12H2,2-4H3. The topological polar surface area (TPSA) is 40.6 Å². The minimum atomic E-state index is -0.223. The van der Waals surface area contributed by atoms with Crippen molar-refractivity contribution in [3.05, 3.63) is 77.0 Å². The minimum absolute atomic E-state index is 0.113. The van der Waals surface area contributed by atoms with Gasteiger partial charge in [0.25, 0.3) is 11.8 Å². The van der Waals surface area contributed by atoms with E-state index in [0.717, 1.165) is 16.9 Å². The molecular weight excluding hydrogens is 312 g/mol. The molecule has 4 rings (SSSR count). The molecule has 0 bridgehead atoms. The lowest BCUT2D eigenvalue weighted by Crippen LogP contribution is -2.29. The van der Waals surface area contributed by atoms with Crippen molar-refractivity contribution >= 4 is 17.5 Å². The van der Waals surface area contributed by atoms with Gasteiger partial charge in [0.05, 0.1) is 17.7 Å². The smallest absolute Gasteiger partial charge is 0.261 e. The molecule has 0 fully saturated rings. The van der Waals surface area contributed by atoms with Gasteiger partial charge < -0.3 is 4.90 Å². The third-order valence-corrected chi connectivity index (χ3v) is 5.44. The number of hydrogen-bond acceptors (Lipinski definition) is 3. The van der Waals surface area contributed by atoms with E-state index in [2.05, 4.69) is 37.5 Å². The second-order valence-corrected chi connectivity index (χ2v) is 7.22. The van der Waals surface area contributed by atoms with Crippen LogP contribution in [0.1, 0.15) is 45.7 Å². The first-order valence-electron chi connectivity index (χ1n) is 8.34. The maximum atomic E-state index is 12.5. The Labute approximate surface area is 147 Å². The zero-order chi connectivity index (χ0) is 17.9. The summed E-state index contributed by atoms with van der Waals surface area (Å²) in [5, 5.41) is 0. The summed E-state index contributed by atoms with van der Waals surface area (Å²) in [6, 6.07) is 13.1. The quantitative estimate of drug-likeness (QED) is 0.787. The molecule has 2 aromatic carbocycles. The number of hydrogen-bond donors (Lipinski definition) is 0. The van der Waals surface area contributed by atoms with Crippen LogP contribution in [0, 0.1) is 0 Å². The number of anilines is 1. The molecule has 126 valence electrons. The van der Waals surface area contributed by atoms with Crippen molar-refractivity contribution in [1.82, 2.24) is 4.90 Å². The highest BCUT2D eigenvalue weighted by Crippen LogP contribution is 2.46. The Morgan fingerprint density at radius 1 is 1.00 bits per heavy atom. The van der Waals surface area contributed by atoms with Crippen molar-refractivity contribution in [3.63, 3.8) is 0 Å². The highest BCUT2D eigenvalue weighted by Gasteiger charge is 2.38. The molecule has 2 aromatic rings. The molecule has 2 aliphatic heterocycles. The number of carbonyl (C=O) groups is 2. The molecule has 0 atom stereocenters. The molecule has 0 radical (unpaired) electrons. The third kappa shape index (κ3) is 2.07. The van der Waals surface area contributed by atoms with Crippen LogP contribution in [0.25, 0.3) is 0 Å². The lowest BCUT2D eigenvalue weighted by Gasteiger charge is -2.22. The molecule has 0 saturated carbocycles. The Hall–Kier alpha value is -2.88. The van der Waals surface area contributed by atoms with Crippen LogP contribution in [-0.4, -0.2) is 23.8 Å². The van der Waals surface area contributed by atoms with Gasteiger partial charge in [-0.25, -0.2) is 0 Å². The molecular formula is C21H20N2O2. The average molecular weight is 332 g/mol. The molecule has 0 aromatic heterocycles. The highest BCUT2D eigenvalue weighted by molar-refractivity contribution is 6.21. The molecule has 2 heterocycles. The van der Waals surface area contributed by atoms with Crippen molar-refractivity contribution in [2.75, 3.05) is 11.9 Å². The molecule has 2 aliphatic rings. The van der Waals surface area contributed by atoms with Crippen molar-refractivity contribution < 1.29 is 9.59 Å². The van der Waals surface area contributed by atoms with Crippen LogP contribution in [0.3, 0.4) is 0 Å². The molecule has 0 saturated heterocycles. The number of rotatable bonds is 2. The van der Waals surface area contributed by atoms with E-state index in [0.29, 0.717) is 11.1 Å². The summed E-state index contributed by atoms with van der Waals surface area (Å²) in [4.78, 5) is 28.5. The van der Waals surface area contributed by atoms with Gasteiger partial charge in [0, 0.05) is 23.8 Å². The number of amides is 2. The number of benzene rings is 2. The van der Waals surface area contributed by atoms with Gasteiger partial charge in [0.15, 0.2) is 0 Å². The van der Waals surface area contributed by atoms with Crippen LogP contribution in [0.4, 0.5) is 5.69 Å². The van der Waals surface area contributed by atoms with Crippen LogP contribution in [0.15, 0.2) is 54.7 Å². The zero-order valence-electron chi connectivity index (χ0n) is 14.7. The third-order valence-electron chi connectivity index (χ3n) is 5.44. The van der Waals surface area contributed by atoms with E-state index >= 15 is 0 Å². The largest absolute Gasteiger partial charge is 0.348 e. The Morgan fingerprint density at radius 2 is 1.60 bits per heavy atom. The van der Waals surface area contributed by atoms with Gasteiger partial charge in [-0.15, -0.1) is 0 Å². The molecule has 4 heteroatoms. The SMILES string of the molecule is C=C1N(C)c2cc(CN3C(=O)c4ccccc4C3=O)ccc2C1(C)C. The van der Waals surface area contributed by atoms with Gasteiger partial charge in [-0.3, -0.25) is 14.5 Å². The van der Waals surface area contributed by atoms with Crippen LogP contribution in [0.5, 0.6) is 0 Å². The molecule has 25 heavy (non-hydrogen) atoms. The van der Waals surface area contributed by atoms with Gasteiger partial charge in [0.1, 0.15) is 0 Å². The predicted molar refractivity (Wildman–Crippen MR) is 97.7 cm³/mol. The normalized spacial score (nSPS) is 18.0. The maximum Gasteiger partial charge on any atom is 0.261 e. The summed E-state index contributed by atoms with van der Waals surface area (Å²) in [7, 11) is 2.00. The van der Waals surface area contributed by atoms with Crippen molar-refractivity contribution in [1.29, 1.82) is 0 Å². The number of nitrogens with zero attached hydrogens (tertiary/aromatic N) is 2. The van der Waals surface area contributed by atoms with E-state index in [4.69, 9.17) is 0 Å². The number of likely N-dealkylation sites (N-methyl/N-ethyl adjacent to an activating group) is 1. The van der Waals surface area contributed by atoms with Crippen LogP contribution in [-0.2, 0) is 12.0 Å². The molecule has 0 N–H and O–H groups in total. The summed E-state index contributed by atoms with van der Waals surface area (Å²) in [5.41, 5.74) is 5.14. The summed E-state index contributed by atoms with van der Waals surface area (Å²) < 4.78 is 0. The molecule has 0 aliphatic carbocycles. The zero-order valence-corrected chi connectivity index (χ0v) is 14.7. The maximum absolute atomic E-state index is 12.5. The number of carbonyl (C=O) groups excluding carboxylic acids is 2. The molecule has 2 amide bonds. The Balaban J connectivity index is 1.67. The fraction of sp³-hybridized carbons (Fsp3) is 0.238. The predicted octanol–water partition coefficient (Wildman–Crippen LogP) is 3.72. The fourth-order valence-electron chi connectivity index (χ4n) is 3.77.